The molecule has 0 unspecified atom stereocenters. The van der Waals surface area contributed by atoms with Crippen LogP contribution in [0.1, 0.15) is 102 Å². The van der Waals surface area contributed by atoms with E-state index in [2.05, 4.69) is 24.6 Å². The molecule has 4 aromatic rings. The van der Waals surface area contributed by atoms with E-state index >= 15 is 0 Å². The van der Waals surface area contributed by atoms with Crippen LogP contribution >= 0.6 is 11.3 Å². The predicted molar refractivity (Wildman–Crippen MR) is 208 cm³/mol. The number of unbranched alkanes of at least 4 members (excludes halogenated alkanes) is 4. The topological polar surface area (TPSA) is 175 Å². The van der Waals surface area contributed by atoms with Crippen molar-refractivity contribution in [3.8, 4) is 16.5 Å². The molecule has 14 heteroatoms. The first-order valence-corrected chi connectivity index (χ1v) is 21.4. The van der Waals surface area contributed by atoms with Crippen molar-refractivity contribution in [1.82, 2.24) is 19.6 Å². The predicted octanol–water partition coefficient (Wildman–Crippen LogP) is 6.90. The average molecular weight is 776 g/mol. The molecule has 1 aromatic carbocycles. The Morgan fingerprint density at radius 1 is 1.13 bits per heavy atom. The maximum Gasteiger partial charge on any atom is 0.240 e. The minimum atomic E-state index is -3.60. The lowest BCUT2D eigenvalue weighted by molar-refractivity contribution is -0.137. The van der Waals surface area contributed by atoms with E-state index in [1.165, 1.54) is 11.3 Å². The van der Waals surface area contributed by atoms with E-state index in [9.17, 15) is 22.8 Å². The van der Waals surface area contributed by atoms with Crippen LogP contribution < -0.4 is 15.2 Å². The number of primary amides is 1. The smallest absolute Gasteiger partial charge is 0.240 e. The van der Waals surface area contributed by atoms with Gasteiger partial charge in [-0.1, -0.05) is 44.9 Å². The van der Waals surface area contributed by atoms with Gasteiger partial charge in [0.1, 0.15) is 33.9 Å². The zero-order valence-corrected chi connectivity index (χ0v) is 32.9. The van der Waals surface area contributed by atoms with Crippen molar-refractivity contribution in [2.75, 3.05) is 6.54 Å². The van der Waals surface area contributed by atoms with Crippen LogP contribution in [0.2, 0.25) is 0 Å². The normalized spacial score (nSPS) is 22.1. The van der Waals surface area contributed by atoms with Gasteiger partial charge in [-0.05, 0) is 81.9 Å². The molecule has 2 aliphatic carbocycles. The first-order valence-electron chi connectivity index (χ1n) is 19.0. The van der Waals surface area contributed by atoms with E-state index in [0.717, 1.165) is 47.3 Å². The number of likely N-dealkylation sites (tertiary alicyclic amines) is 1. The van der Waals surface area contributed by atoms with Crippen LogP contribution in [0.3, 0.4) is 0 Å². The second-order valence-electron chi connectivity index (χ2n) is 15.8. The molecule has 3 fully saturated rings. The summed E-state index contributed by atoms with van der Waals surface area (Å²) in [6, 6.07) is 7.05. The van der Waals surface area contributed by atoms with Crippen molar-refractivity contribution >= 4 is 61.2 Å². The van der Waals surface area contributed by atoms with Gasteiger partial charge in [0.15, 0.2) is 11.3 Å². The number of sulfonamides is 1. The highest BCUT2D eigenvalue weighted by Crippen LogP contribution is 2.44. The standard InChI is InChI=1S/C40H49N5O7S2/c1-23(2)30-22-53-39(43-30)29-20-33(36-35(42-29)27-14-13-24(3)17-32(27)52-36)51-26-19-31(37(41)47)45(21-26)34(46)12-10-8-6-5-7-9-11-25-18-28(25)38(48)44-54(49,50)40(4)15-16-40/h9,11,13-14,17,20,22-23,25-26,28,31H,5-8,10,12,15-16,18-19,21H2,1-4H3,(H2,41,47)(H,44,48)/b11-9-/t25-,26-,28+,31+/m1/s1. The van der Waals surface area contributed by atoms with Crippen LogP contribution in [0.5, 0.6) is 5.75 Å². The summed E-state index contributed by atoms with van der Waals surface area (Å²) in [6.07, 6.45) is 10.3. The highest BCUT2D eigenvalue weighted by Gasteiger charge is 2.52. The lowest BCUT2D eigenvalue weighted by Gasteiger charge is -2.22. The number of fused-ring (bicyclic) bond motifs is 3. The van der Waals surface area contributed by atoms with Crippen molar-refractivity contribution in [3.05, 3.63) is 53.1 Å². The lowest BCUT2D eigenvalue weighted by Crippen LogP contribution is -2.43. The molecule has 0 spiro atoms. The van der Waals surface area contributed by atoms with Crippen LogP contribution in [0.25, 0.3) is 32.8 Å². The average Bonchev–Trinajstić information content (AvgIpc) is 3.87. The fourth-order valence-electron chi connectivity index (χ4n) is 7.10. The Hall–Kier alpha value is -4.30. The number of furan rings is 1. The number of ether oxygens (including phenoxy) is 1. The summed E-state index contributed by atoms with van der Waals surface area (Å²) in [4.78, 5) is 49.7. The number of thiazole rings is 1. The molecule has 3 aromatic heterocycles. The van der Waals surface area contributed by atoms with Gasteiger partial charge in [0, 0.05) is 35.6 Å². The van der Waals surface area contributed by atoms with Crippen LogP contribution in [-0.4, -0.2) is 64.4 Å². The quantitative estimate of drug-likeness (QED) is 0.0906. The molecule has 1 saturated heterocycles. The fraction of sp³-hybridized carbons (Fsp3) is 0.525. The van der Waals surface area contributed by atoms with Crippen LogP contribution in [0.4, 0.5) is 0 Å². The SMILES string of the molecule is Cc1ccc2c(c1)oc1c(O[C@@H]3C[C@@H](C(N)=O)N(C(=O)CCCCCC/C=C\[C@@H]4C[C@@H]4C(=O)NS(=O)(=O)C4(C)CC4)C3)cc(-c3nc(C(C)C)cs3)nc12. The third-order valence-corrected chi connectivity index (χ3v) is 14.0. The van der Waals surface area contributed by atoms with Crippen molar-refractivity contribution in [2.24, 2.45) is 17.6 Å². The van der Waals surface area contributed by atoms with Crippen LogP contribution in [0, 0.1) is 18.8 Å². The Labute approximate surface area is 320 Å². The maximum absolute atomic E-state index is 13.4. The number of nitrogens with zero attached hydrogens (tertiary/aromatic N) is 3. The van der Waals surface area contributed by atoms with E-state index in [-0.39, 0.29) is 36.6 Å². The first-order chi connectivity index (χ1) is 25.7. The van der Waals surface area contributed by atoms with Crippen molar-refractivity contribution in [2.45, 2.75) is 115 Å². The second-order valence-corrected chi connectivity index (χ2v) is 18.8. The van der Waals surface area contributed by atoms with E-state index < -0.39 is 38.7 Å². The van der Waals surface area contributed by atoms with Gasteiger partial charge in [-0.15, -0.1) is 11.3 Å². The zero-order valence-electron chi connectivity index (χ0n) is 31.3. The zero-order chi connectivity index (χ0) is 38.4. The van der Waals surface area contributed by atoms with Gasteiger partial charge in [-0.3, -0.25) is 19.1 Å². The van der Waals surface area contributed by atoms with E-state index in [0.29, 0.717) is 60.2 Å². The number of hydrogen-bond donors (Lipinski definition) is 2. The number of aryl methyl sites for hydroxylation is 1. The van der Waals surface area contributed by atoms with Crippen molar-refractivity contribution in [3.63, 3.8) is 0 Å². The molecule has 3 amide bonds. The van der Waals surface area contributed by atoms with Gasteiger partial charge >= 0.3 is 0 Å². The number of benzene rings is 1. The molecule has 1 aliphatic heterocycles. The second kappa shape index (κ2) is 15.1. The molecular weight excluding hydrogens is 727 g/mol. The van der Waals surface area contributed by atoms with Gasteiger partial charge in [0.05, 0.1) is 17.0 Å². The maximum atomic E-state index is 13.4. The van der Waals surface area contributed by atoms with Crippen molar-refractivity contribution in [1.29, 1.82) is 0 Å². The molecule has 3 aliphatic rings. The Kier molecular flexibility index (Phi) is 10.6. The molecule has 288 valence electrons. The summed E-state index contributed by atoms with van der Waals surface area (Å²) >= 11 is 1.53. The van der Waals surface area contributed by atoms with Gasteiger partial charge in [-0.25, -0.2) is 18.4 Å². The van der Waals surface area contributed by atoms with E-state index in [1.807, 2.05) is 42.6 Å². The Balaban J connectivity index is 0.916. The van der Waals surface area contributed by atoms with Crippen LogP contribution in [0.15, 0.2) is 46.2 Å². The molecule has 2 saturated carbocycles. The summed E-state index contributed by atoms with van der Waals surface area (Å²) in [5.74, 6) is -0.502. The number of nitrogens with two attached hydrogens (primary N) is 1. The van der Waals surface area contributed by atoms with Crippen LogP contribution in [-0.2, 0) is 24.4 Å². The van der Waals surface area contributed by atoms with Gasteiger partial charge < -0.3 is 19.8 Å². The molecule has 3 N–H and O–H groups in total. The molecule has 0 radical (unpaired) electrons. The molecule has 4 atom stereocenters. The van der Waals surface area contributed by atoms with Gasteiger partial charge in [0.2, 0.25) is 27.7 Å². The Bertz CT molecular complexity index is 2220. The number of pyridine rings is 1. The third-order valence-electron chi connectivity index (χ3n) is 11.0. The summed E-state index contributed by atoms with van der Waals surface area (Å²) < 4.78 is 39.0. The number of nitrogens with one attached hydrogen (secondary N) is 1. The lowest BCUT2D eigenvalue weighted by atomic mass is 10.1. The minimum Gasteiger partial charge on any atom is -0.484 e. The van der Waals surface area contributed by atoms with E-state index in [1.54, 1.807) is 11.8 Å². The van der Waals surface area contributed by atoms with Gasteiger partial charge in [0.25, 0.3) is 0 Å². The monoisotopic (exact) mass is 775 g/mol. The molecule has 0 bridgehead atoms. The minimum absolute atomic E-state index is 0.0850. The summed E-state index contributed by atoms with van der Waals surface area (Å²) in [5, 5.41) is 3.68. The van der Waals surface area contributed by atoms with Gasteiger partial charge in [-0.2, -0.15) is 0 Å². The molecule has 54 heavy (non-hydrogen) atoms. The third kappa shape index (κ3) is 8.05. The summed E-state index contributed by atoms with van der Waals surface area (Å²) in [7, 11) is -3.60. The summed E-state index contributed by atoms with van der Waals surface area (Å²) in [5.41, 5.74) is 10.4. The summed E-state index contributed by atoms with van der Waals surface area (Å²) in [6.45, 7) is 8.11. The Morgan fingerprint density at radius 3 is 2.63 bits per heavy atom. The fourth-order valence-corrected chi connectivity index (χ4v) is 9.34. The largest absolute Gasteiger partial charge is 0.484 e. The van der Waals surface area contributed by atoms with Crippen molar-refractivity contribution < 1.29 is 32.0 Å². The molecule has 12 nitrogen and oxygen atoms in total. The number of hydrogen-bond acceptors (Lipinski definition) is 10. The Morgan fingerprint density at radius 2 is 1.91 bits per heavy atom. The molecular formula is C40H49N5O7S2. The highest BCUT2D eigenvalue weighted by molar-refractivity contribution is 7.91. The first kappa shape index (κ1) is 38.0. The number of allylic oxidation sites excluding steroid dienone is 2. The molecule has 4 heterocycles. The number of carbonyl (C=O) groups excluding carboxylic acids is 3. The van der Waals surface area contributed by atoms with E-state index in [4.69, 9.17) is 24.9 Å². The number of carbonyl (C=O) groups is 3. The number of amides is 3. The number of rotatable bonds is 16. The molecule has 7 rings (SSSR count). The highest BCUT2D eigenvalue weighted by atomic mass is 32.2. The number of aromatic nitrogens is 2.